The Bertz CT molecular complexity index is 626. The van der Waals surface area contributed by atoms with Gasteiger partial charge >= 0.3 is 0 Å². The maximum atomic E-state index is 6.21. The molecular weight excluding hydrogens is 333 g/mol. The first kappa shape index (κ1) is 19.4. The monoisotopic (exact) mass is 355 g/mol. The second kappa shape index (κ2) is 8.85. The summed E-state index contributed by atoms with van der Waals surface area (Å²) >= 11 is 12.4. The van der Waals surface area contributed by atoms with Gasteiger partial charge in [0.2, 0.25) is 0 Å². The van der Waals surface area contributed by atoms with Crippen LogP contribution < -0.4 is 10.5 Å². The molecule has 0 aliphatic heterocycles. The van der Waals surface area contributed by atoms with Crippen molar-refractivity contribution in [2.45, 2.75) is 27.2 Å². The fourth-order valence-corrected chi connectivity index (χ4v) is 2.31. The SMILES string of the molecule is C\C=N/C(=C\C(Oc1c(Cl)cc(N)cc1Cl)=C(/C)CC)N(C)C. The van der Waals surface area contributed by atoms with E-state index in [0.717, 1.165) is 17.8 Å². The zero-order valence-corrected chi connectivity index (χ0v) is 15.7. The highest BCUT2D eigenvalue weighted by Gasteiger charge is 2.13. The molecule has 126 valence electrons. The predicted molar refractivity (Wildman–Crippen MR) is 100 cm³/mol. The van der Waals surface area contributed by atoms with Crippen molar-refractivity contribution in [3.05, 3.63) is 45.4 Å². The van der Waals surface area contributed by atoms with Gasteiger partial charge in [-0.1, -0.05) is 30.1 Å². The molecule has 4 nitrogen and oxygen atoms in total. The van der Waals surface area contributed by atoms with Crippen molar-refractivity contribution >= 4 is 35.1 Å². The summed E-state index contributed by atoms with van der Waals surface area (Å²) in [5.74, 6) is 1.81. The minimum atomic E-state index is 0.371. The van der Waals surface area contributed by atoms with E-state index in [1.54, 1.807) is 18.3 Å². The van der Waals surface area contributed by atoms with Gasteiger partial charge in [0.25, 0.3) is 0 Å². The molecule has 0 heterocycles. The standard InChI is InChI=1S/C17H23Cl2N3O/c1-6-11(3)15(10-16(21-7-2)22(4)5)23-17-13(18)8-12(20)9-14(17)19/h7-10H,6,20H2,1-5H3/b15-11-,16-10+,21-7-. The average molecular weight is 356 g/mol. The molecule has 0 fully saturated rings. The molecule has 0 bridgehead atoms. The van der Waals surface area contributed by atoms with Crippen molar-refractivity contribution in [2.75, 3.05) is 19.8 Å². The largest absolute Gasteiger partial charge is 0.454 e. The molecule has 1 aromatic rings. The van der Waals surface area contributed by atoms with Gasteiger partial charge in [-0.25, -0.2) is 4.99 Å². The molecule has 1 rings (SSSR count). The van der Waals surface area contributed by atoms with Crippen LogP contribution in [-0.4, -0.2) is 25.2 Å². The Morgan fingerprint density at radius 2 is 1.87 bits per heavy atom. The Morgan fingerprint density at radius 3 is 2.30 bits per heavy atom. The van der Waals surface area contributed by atoms with E-state index in [9.17, 15) is 0 Å². The van der Waals surface area contributed by atoms with Gasteiger partial charge < -0.3 is 15.4 Å². The first-order valence-electron chi connectivity index (χ1n) is 7.29. The molecule has 0 radical (unpaired) electrons. The zero-order chi connectivity index (χ0) is 17.6. The van der Waals surface area contributed by atoms with Gasteiger partial charge in [0.05, 0.1) is 10.0 Å². The third-order valence-corrected chi connectivity index (χ3v) is 3.72. The highest BCUT2D eigenvalue weighted by molar-refractivity contribution is 6.37. The van der Waals surface area contributed by atoms with E-state index in [4.69, 9.17) is 33.7 Å². The van der Waals surface area contributed by atoms with Crippen LogP contribution in [0.5, 0.6) is 5.75 Å². The van der Waals surface area contributed by atoms with Gasteiger partial charge in [-0.05, 0) is 38.0 Å². The van der Waals surface area contributed by atoms with Gasteiger partial charge in [-0.2, -0.15) is 0 Å². The molecule has 1 aromatic carbocycles. The van der Waals surface area contributed by atoms with Crippen molar-refractivity contribution in [1.82, 2.24) is 4.90 Å². The molecule has 0 unspecified atom stereocenters. The zero-order valence-electron chi connectivity index (χ0n) is 14.2. The third kappa shape index (κ3) is 5.48. The molecule has 0 saturated carbocycles. The lowest BCUT2D eigenvalue weighted by molar-refractivity contribution is 0.428. The first-order valence-corrected chi connectivity index (χ1v) is 8.05. The van der Waals surface area contributed by atoms with E-state index >= 15 is 0 Å². The van der Waals surface area contributed by atoms with Crippen molar-refractivity contribution < 1.29 is 4.74 Å². The smallest absolute Gasteiger partial charge is 0.164 e. The maximum absolute atomic E-state index is 6.21. The Balaban J connectivity index is 3.34. The summed E-state index contributed by atoms with van der Waals surface area (Å²) < 4.78 is 5.99. The Morgan fingerprint density at radius 1 is 1.30 bits per heavy atom. The molecule has 0 aliphatic rings. The van der Waals surface area contributed by atoms with Crippen molar-refractivity contribution in [3.63, 3.8) is 0 Å². The number of allylic oxidation sites excluding steroid dienone is 2. The lowest BCUT2D eigenvalue weighted by Crippen LogP contribution is -2.11. The summed E-state index contributed by atoms with van der Waals surface area (Å²) in [6.45, 7) is 5.91. The van der Waals surface area contributed by atoms with Crippen LogP contribution in [0.2, 0.25) is 10.0 Å². The molecule has 0 aliphatic carbocycles. The molecule has 0 spiro atoms. The normalized spacial score (nSPS) is 13.3. The quantitative estimate of drug-likeness (QED) is 0.333. The van der Waals surface area contributed by atoms with Crippen LogP contribution in [0.25, 0.3) is 0 Å². The number of ether oxygens (including phenoxy) is 1. The number of rotatable bonds is 6. The fourth-order valence-electron chi connectivity index (χ4n) is 1.73. The minimum absolute atomic E-state index is 0.371. The number of benzene rings is 1. The van der Waals surface area contributed by atoms with E-state index in [1.165, 1.54) is 0 Å². The molecule has 6 heteroatoms. The van der Waals surface area contributed by atoms with Crippen LogP contribution in [0.15, 0.2) is 40.4 Å². The van der Waals surface area contributed by atoms with Gasteiger partial charge in [-0.3, -0.25) is 0 Å². The summed E-state index contributed by atoms with van der Waals surface area (Å²) in [5.41, 5.74) is 7.28. The molecule has 23 heavy (non-hydrogen) atoms. The van der Waals surface area contributed by atoms with Crippen molar-refractivity contribution in [1.29, 1.82) is 0 Å². The Labute approximate surface area is 148 Å². The number of aliphatic imine (C=N–C) groups is 1. The van der Waals surface area contributed by atoms with Crippen LogP contribution in [0, 0.1) is 0 Å². The second-order valence-corrected chi connectivity index (χ2v) is 6.01. The topological polar surface area (TPSA) is 50.9 Å². The number of nitrogen functional groups attached to an aromatic ring is 1. The Hall–Kier alpha value is -1.65. The molecular formula is C17H23Cl2N3O. The summed E-state index contributed by atoms with van der Waals surface area (Å²) in [5, 5.41) is 0.741. The number of anilines is 1. The van der Waals surface area contributed by atoms with Gasteiger partial charge in [0.1, 0.15) is 11.6 Å². The van der Waals surface area contributed by atoms with Crippen molar-refractivity contribution in [2.24, 2.45) is 4.99 Å². The van der Waals surface area contributed by atoms with Crippen LogP contribution in [0.3, 0.4) is 0 Å². The van der Waals surface area contributed by atoms with E-state index in [0.29, 0.717) is 27.2 Å². The number of nitrogens with two attached hydrogens (primary N) is 1. The molecule has 0 aromatic heterocycles. The summed E-state index contributed by atoms with van der Waals surface area (Å²) in [6, 6.07) is 3.23. The number of halogens is 2. The molecule has 0 amide bonds. The van der Waals surface area contributed by atoms with Crippen LogP contribution in [0.1, 0.15) is 27.2 Å². The number of hydrogen-bond donors (Lipinski definition) is 1. The highest BCUT2D eigenvalue weighted by atomic mass is 35.5. The summed E-state index contributed by atoms with van der Waals surface area (Å²) in [6.07, 6.45) is 4.42. The van der Waals surface area contributed by atoms with E-state index in [-0.39, 0.29) is 0 Å². The molecule has 2 N–H and O–H groups in total. The lowest BCUT2D eigenvalue weighted by Gasteiger charge is -2.17. The minimum Gasteiger partial charge on any atom is -0.454 e. The van der Waals surface area contributed by atoms with Gasteiger partial charge in [0, 0.05) is 32.1 Å². The summed E-state index contributed by atoms with van der Waals surface area (Å²) in [7, 11) is 3.84. The Kier molecular flexibility index (Phi) is 7.46. The average Bonchev–Trinajstić information content (AvgIpc) is 2.47. The van der Waals surface area contributed by atoms with Gasteiger partial charge in [-0.15, -0.1) is 0 Å². The fraction of sp³-hybridized carbons (Fsp3) is 0.353. The lowest BCUT2D eigenvalue weighted by atomic mass is 10.2. The van der Waals surface area contributed by atoms with E-state index in [1.807, 2.05) is 38.9 Å². The van der Waals surface area contributed by atoms with Crippen LogP contribution in [-0.2, 0) is 0 Å². The molecule has 0 atom stereocenters. The molecule has 0 saturated heterocycles. The first-order chi connectivity index (χ1) is 10.8. The van der Waals surface area contributed by atoms with Crippen LogP contribution >= 0.6 is 23.2 Å². The van der Waals surface area contributed by atoms with Gasteiger partial charge in [0.15, 0.2) is 5.75 Å². The predicted octanol–water partition coefficient (Wildman–Crippen LogP) is 5.13. The number of hydrogen-bond acceptors (Lipinski definition) is 4. The van der Waals surface area contributed by atoms with E-state index < -0.39 is 0 Å². The van der Waals surface area contributed by atoms with Crippen molar-refractivity contribution in [3.8, 4) is 5.75 Å². The third-order valence-electron chi connectivity index (χ3n) is 3.16. The maximum Gasteiger partial charge on any atom is 0.164 e. The van der Waals surface area contributed by atoms with Crippen LogP contribution in [0.4, 0.5) is 5.69 Å². The number of nitrogens with zero attached hydrogens (tertiary/aromatic N) is 2. The van der Waals surface area contributed by atoms with E-state index in [2.05, 4.69) is 11.9 Å². The second-order valence-electron chi connectivity index (χ2n) is 5.20. The summed E-state index contributed by atoms with van der Waals surface area (Å²) in [4.78, 5) is 6.24. The highest BCUT2D eigenvalue weighted by Crippen LogP contribution is 2.37.